The third-order valence-corrected chi connectivity index (χ3v) is 6.36. The minimum Gasteiger partial charge on any atom is -0.462 e. The van der Waals surface area contributed by atoms with Gasteiger partial charge in [-0.25, -0.2) is 9.59 Å². The highest BCUT2D eigenvalue weighted by Gasteiger charge is 2.33. The van der Waals surface area contributed by atoms with Crippen molar-refractivity contribution in [3.8, 4) is 0 Å². The van der Waals surface area contributed by atoms with Crippen LogP contribution in [0.2, 0.25) is 0 Å². The van der Waals surface area contributed by atoms with Crippen molar-refractivity contribution in [2.45, 2.75) is 65.0 Å². The zero-order chi connectivity index (χ0) is 23.3. The third kappa shape index (κ3) is 6.00. The Morgan fingerprint density at radius 3 is 2.47 bits per heavy atom. The second kappa shape index (κ2) is 10.8. The van der Waals surface area contributed by atoms with E-state index in [2.05, 4.69) is 16.0 Å². The fourth-order valence-corrected chi connectivity index (χ4v) is 4.28. The molecule has 7 nitrogen and oxygen atoms in total. The van der Waals surface area contributed by atoms with E-state index >= 15 is 0 Å². The van der Waals surface area contributed by atoms with E-state index in [0.717, 1.165) is 24.1 Å². The summed E-state index contributed by atoms with van der Waals surface area (Å²) < 4.78 is 5.53. The molecule has 0 radical (unpaired) electrons. The lowest BCUT2D eigenvalue weighted by Crippen LogP contribution is -2.46. The quantitative estimate of drug-likeness (QED) is 0.431. The van der Waals surface area contributed by atoms with Gasteiger partial charge in [-0.1, -0.05) is 45.2 Å². The van der Waals surface area contributed by atoms with Crippen LogP contribution in [0.3, 0.4) is 0 Å². The molecular weight excluding hydrogens is 424 g/mol. The highest BCUT2D eigenvalue weighted by molar-refractivity contribution is 7.80. The highest BCUT2D eigenvalue weighted by Crippen LogP contribution is 2.31. The fourth-order valence-electron chi connectivity index (χ4n) is 4.03. The molecule has 32 heavy (non-hydrogen) atoms. The van der Waals surface area contributed by atoms with Crippen molar-refractivity contribution in [2.75, 3.05) is 19.0 Å². The number of anilines is 1. The van der Waals surface area contributed by atoms with Gasteiger partial charge in [0.05, 0.1) is 18.2 Å². The molecule has 3 rings (SSSR count). The lowest BCUT2D eigenvalue weighted by atomic mass is 9.95. The van der Waals surface area contributed by atoms with Gasteiger partial charge in [0, 0.05) is 24.5 Å². The number of allylic oxidation sites excluding steroid dienone is 1. The van der Waals surface area contributed by atoms with Gasteiger partial charge in [-0.3, -0.25) is 0 Å². The zero-order valence-corrected chi connectivity index (χ0v) is 20.2. The molecule has 1 aliphatic heterocycles. The van der Waals surface area contributed by atoms with Crippen LogP contribution in [0.15, 0.2) is 35.5 Å². The highest BCUT2D eigenvalue weighted by atomic mass is 32.1. The molecule has 1 aliphatic carbocycles. The largest absolute Gasteiger partial charge is 0.462 e. The summed E-state index contributed by atoms with van der Waals surface area (Å²) in [5, 5.41) is 9.74. The van der Waals surface area contributed by atoms with Crippen molar-refractivity contribution in [2.24, 2.45) is 5.92 Å². The molecule has 3 N–H and O–H groups in total. The number of benzene rings is 1. The summed E-state index contributed by atoms with van der Waals surface area (Å²) in [6.45, 7) is 6.23. The van der Waals surface area contributed by atoms with Crippen LogP contribution in [0.4, 0.5) is 10.5 Å². The average Bonchev–Trinajstić information content (AvgIpc) is 2.76. The molecule has 2 aliphatic rings. The van der Waals surface area contributed by atoms with Gasteiger partial charge >= 0.3 is 12.0 Å². The molecule has 174 valence electrons. The molecule has 8 heteroatoms. The van der Waals surface area contributed by atoms with Crippen LogP contribution >= 0.6 is 12.2 Å². The van der Waals surface area contributed by atoms with Crippen LogP contribution in [0, 0.1) is 5.92 Å². The molecule has 2 amide bonds. The molecule has 1 unspecified atom stereocenters. The van der Waals surface area contributed by atoms with Crippen LogP contribution in [0.5, 0.6) is 0 Å². The molecule has 1 aromatic rings. The first-order valence-corrected chi connectivity index (χ1v) is 11.8. The van der Waals surface area contributed by atoms with Gasteiger partial charge in [-0.15, -0.1) is 0 Å². The number of rotatable bonds is 6. The number of carbonyl (C=O) groups excluding carboxylic acids is 2. The van der Waals surface area contributed by atoms with Gasteiger partial charge < -0.3 is 25.6 Å². The first kappa shape index (κ1) is 24.0. The Morgan fingerprint density at radius 2 is 1.84 bits per heavy atom. The topological polar surface area (TPSA) is 82.7 Å². The van der Waals surface area contributed by atoms with E-state index in [1.165, 1.54) is 19.3 Å². The Labute approximate surface area is 196 Å². The third-order valence-electron chi connectivity index (χ3n) is 5.96. The Hall–Kier alpha value is -2.61. The van der Waals surface area contributed by atoms with E-state index in [-0.39, 0.29) is 24.0 Å². The van der Waals surface area contributed by atoms with Gasteiger partial charge in [0.15, 0.2) is 5.11 Å². The van der Waals surface area contributed by atoms with Crippen molar-refractivity contribution < 1.29 is 14.3 Å². The van der Waals surface area contributed by atoms with Crippen LogP contribution < -0.4 is 16.0 Å². The number of urea groups is 1. The molecule has 1 aromatic carbocycles. The fraction of sp³-hybridized carbons (Fsp3) is 0.542. The SMILES string of the molecule is CC1=C(C(=O)OCC(C)C)C(c2ccc(NC(=O)NC3CCCCC3)cc2)NC(=S)N1C. The van der Waals surface area contributed by atoms with Gasteiger partial charge in [0.1, 0.15) is 0 Å². The average molecular weight is 459 g/mol. The number of thiocarbonyl (C=S) groups is 1. The van der Waals surface area contributed by atoms with E-state index < -0.39 is 6.04 Å². The molecule has 0 aromatic heterocycles. The lowest BCUT2D eigenvalue weighted by molar-refractivity contribution is -0.140. The van der Waals surface area contributed by atoms with Crippen LogP contribution in [0.1, 0.15) is 64.5 Å². The second-order valence-corrected chi connectivity index (χ2v) is 9.38. The summed E-state index contributed by atoms with van der Waals surface area (Å²) in [4.78, 5) is 27.0. The minimum atomic E-state index is -0.413. The Balaban J connectivity index is 1.72. The molecule has 1 atom stereocenters. The number of nitrogens with one attached hydrogen (secondary N) is 3. The Kier molecular flexibility index (Phi) is 8.12. The van der Waals surface area contributed by atoms with Crippen molar-refractivity contribution >= 4 is 35.0 Å². The Bertz CT molecular complexity index is 876. The summed E-state index contributed by atoms with van der Waals surface area (Å²) in [6.07, 6.45) is 5.65. The number of amides is 2. The first-order chi connectivity index (χ1) is 15.3. The number of hydrogen-bond donors (Lipinski definition) is 3. The molecule has 0 spiro atoms. The summed E-state index contributed by atoms with van der Waals surface area (Å²) in [6, 6.07) is 7.12. The van der Waals surface area contributed by atoms with Crippen LogP contribution in [-0.2, 0) is 9.53 Å². The van der Waals surface area contributed by atoms with E-state index in [9.17, 15) is 9.59 Å². The maximum absolute atomic E-state index is 12.9. The number of hydrogen-bond acceptors (Lipinski definition) is 4. The number of esters is 1. The Morgan fingerprint density at radius 1 is 1.19 bits per heavy atom. The monoisotopic (exact) mass is 458 g/mol. The molecule has 0 saturated heterocycles. The number of nitrogens with zero attached hydrogens (tertiary/aromatic N) is 1. The zero-order valence-electron chi connectivity index (χ0n) is 19.4. The van der Waals surface area contributed by atoms with Crippen molar-refractivity contribution in [1.29, 1.82) is 0 Å². The summed E-state index contributed by atoms with van der Waals surface area (Å²) >= 11 is 5.45. The van der Waals surface area contributed by atoms with E-state index in [1.807, 2.05) is 52.1 Å². The molecule has 1 fully saturated rings. The second-order valence-electron chi connectivity index (χ2n) is 8.99. The van der Waals surface area contributed by atoms with Gasteiger partial charge in [-0.05, 0) is 55.6 Å². The first-order valence-electron chi connectivity index (χ1n) is 11.4. The smallest absolute Gasteiger partial charge is 0.338 e. The van der Waals surface area contributed by atoms with E-state index in [1.54, 1.807) is 4.90 Å². The summed E-state index contributed by atoms with van der Waals surface area (Å²) in [5.41, 5.74) is 2.87. The number of ether oxygens (including phenoxy) is 1. The maximum Gasteiger partial charge on any atom is 0.338 e. The molecule has 1 heterocycles. The van der Waals surface area contributed by atoms with Gasteiger partial charge in [0.2, 0.25) is 0 Å². The minimum absolute atomic E-state index is 0.183. The van der Waals surface area contributed by atoms with E-state index in [4.69, 9.17) is 17.0 Å². The molecule has 1 saturated carbocycles. The van der Waals surface area contributed by atoms with Crippen LogP contribution in [-0.4, -0.2) is 41.7 Å². The molecule has 0 bridgehead atoms. The summed E-state index contributed by atoms with van der Waals surface area (Å²) in [5.74, 6) is -0.101. The van der Waals surface area contributed by atoms with Crippen molar-refractivity contribution in [3.05, 3.63) is 41.1 Å². The van der Waals surface area contributed by atoms with Crippen molar-refractivity contribution in [1.82, 2.24) is 15.5 Å². The lowest BCUT2D eigenvalue weighted by Gasteiger charge is -2.35. The summed E-state index contributed by atoms with van der Waals surface area (Å²) in [7, 11) is 1.83. The van der Waals surface area contributed by atoms with Crippen LogP contribution in [0.25, 0.3) is 0 Å². The predicted octanol–water partition coefficient (Wildman–Crippen LogP) is 4.48. The van der Waals surface area contributed by atoms with Gasteiger partial charge in [0.25, 0.3) is 0 Å². The number of carbonyl (C=O) groups is 2. The standard InChI is InChI=1S/C24H34N4O3S/c1-15(2)14-31-22(29)20-16(3)28(4)24(32)27-21(20)17-10-12-19(13-11-17)26-23(30)25-18-8-6-5-7-9-18/h10-13,15,18,21H,5-9,14H2,1-4H3,(H,27,32)(H2,25,26,30). The predicted molar refractivity (Wildman–Crippen MR) is 130 cm³/mol. The van der Waals surface area contributed by atoms with Gasteiger partial charge in [-0.2, -0.15) is 0 Å². The maximum atomic E-state index is 12.9. The van der Waals surface area contributed by atoms with Crippen molar-refractivity contribution in [3.63, 3.8) is 0 Å². The van der Waals surface area contributed by atoms with E-state index in [0.29, 0.717) is 23.0 Å². The molecular formula is C24H34N4O3S. The normalized spacial score (nSPS) is 19.6.